The molecule has 142 valence electrons. The number of carbonyl (C=O) groups is 1. The summed E-state index contributed by atoms with van der Waals surface area (Å²) in [5.41, 5.74) is 1.45. The number of aromatic nitrogens is 6. The molecule has 0 bridgehead atoms. The molecule has 27 heavy (non-hydrogen) atoms. The summed E-state index contributed by atoms with van der Waals surface area (Å²) in [5.74, 6) is 0.805. The van der Waals surface area contributed by atoms with Crippen LogP contribution in [-0.2, 0) is 6.54 Å². The number of thioether (sulfide) groups is 1. The smallest absolute Gasteiger partial charge is 0.265 e. The third kappa shape index (κ3) is 3.61. The van der Waals surface area contributed by atoms with Crippen LogP contribution in [0.1, 0.15) is 28.2 Å². The van der Waals surface area contributed by atoms with Crippen molar-refractivity contribution in [3.8, 4) is 0 Å². The molecule has 0 aromatic carbocycles. The minimum absolute atomic E-state index is 0.156. The molecule has 0 unspecified atom stereocenters. The van der Waals surface area contributed by atoms with E-state index in [1.54, 1.807) is 6.92 Å². The number of anilines is 1. The van der Waals surface area contributed by atoms with Crippen LogP contribution in [0.2, 0.25) is 0 Å². The summed E-state index contributed by atoms with van der Waals surface area (Å²) in [4.78, 5) is 24.4. The highest BCUT2D eigenvalue weighted by Gasteiger charge is 2.20. The van der Waals surface area contributed by atoms with Crippen molar-refractivity contribution in [1.82, 2.24) is 34.7 Å². The quantitative estimate of drug-likeness (QED) is 0.490. The summed E-state index contributed by atoms with van der Waals surface area (Å²) in [5, 5.41) is 13.0. The van der Waals surface area contributed by atoms with Crippen LogP contribution in [0.4, 0.5) is 5.82 Å². The van der Waals surface area contributed by atoms with E-state index in [9.17, 15) is 4.79 Å². The van der Waals surface area contributed by atoms with Crippen LogP contribution in [0.3, 0.4) is 0 Å². The number of nitrogens with zero attached hydrogens (tertiary/aromatic N) is 7. The second-order valence-corrected chi connectivity index (χ2v) is 7.80. The van der Waals surface area contributed by atoms with Gasteiger partial charge in [0.05, 0.1) is 23.8 Å². The van der Waals surface area contributed by atoms with Gasteiger partial charge in [-0.3, -0.25) is 4.79 Å². The molecule has 0 atom stereocenters. The van der Waals surface area contributed by atoms with Crippen molar-refractivity contribution >= 4 is 46.1 Å². The lowest BCUT2D eigenvalue weighted by Crippen LogP contribution is -2.27. The monoisotopic (exact) mass is 404 g/mol. The zero-order chi connectivity index (χ0) is 18.8. The largest absolute Gasteiger partial charge is 0.356 e. The van der Waals surface area contributed by atoms with Gasteiger partial charge in [-0.25, -0.2) is 14.6 Å². The van der Waals surface area contributed by atoms with Gasteiger partial charge >= 0.3 is 0 Å². The Hall–Kier alpha value is -2.27. The van der Waals surface area contributed by atoms with Gasteiger partial charge in [0, 0.05) is 19.6 Å². The van der Waals surface area contributed by atoms with Crippen molar-refractivity contribution in [2.24, 2.45) is 0 Å². The van der Waals surface area contributed by atoms with E-state index in [4.69, 9.17) is 4.98 Å². The number of rotatable bonds is 6. The summed E-state index contributed by atoms with van der Waals surface area (Å²) < 4.78 is 5.63. The lowest BCUT2D eigenvalue weighted by atomic mass is 10.3. The maximum Gasteiger partial charge on any atom is 0.265 e. The number of hydrogen-bond donors (Lipinski definition) is 1. The average Bonchev–Trinajstić information content (AvgIpc) is 3.41. The first-order chi connectivity index (χ1) is 13.2. The Morgan fingerprint density at radius 3 is 2.85 bits per heavy atom. The third-order valence-corrected chi connectivity index (χ3v) is 5.89. The van der Waals surface area contributed by atoms with E-state index in [2.05, 4.69) is 29.9 Å². The molecule has 1 aliphatic rings. The molecule has 0 saturated carbocycles. The van der Waals surface area contributed by atoms with E-state index >= 15 is 0 Å². The maximum atomic E-state index is 12.2. The normalized spacial score (nSPS) is 14.2. The second-order valence-electron chi connectivity index (χ2n) is 6.28. The molecule has 9 nitrogen and oxygen atoms in total. The average molecular weight is 405 g/mol. The highest BCUT2D eigenvalue weighted by molar-refractivity contribution is 7.98. The number of amides is 1. The minimum Gasteiger partial charge on any atom is -0.356 e. The predicted octanol–water partition coefficient (Wildman–Crippen LogP) is 1.74. The summed E-state index contributed by atoms with van der Waals surface area (Å²) in [6, 6.07) is 0. The van der Waals surface area contributed by atoms with E-state index in [1.165, 1.54) is 24.6 Å². The van der Waals surface area contributed by atoms with Crippen molar-refractivity contribution in [2.45, 2.75) is 31.5 Å². The molecule has 3 aromatic rings. The summed E-state index contributed by atoms with van der Waals surface area (Å²) in [6.45, 7) is 4.79. The Labute approximate surface area is 164 Å². The van der Waals surface area contributed by atoms with Gasteiger partial charge in [0.25, 0.3) is 5.91 Å². The molecule has 4 rings (SSSR count). The van der Waals surface area contributed by atoms with Crippen LogP contribution < -0.4 is 10.2 Å². The van der Waals surface area contributed by atoms with Crippen molar-refractivity contribution in [3.63, 3.8) is 0 Å². The number of nitrogens with one attached hydrogen (secondary N) is 1. The molecule has 1 N–H and O–H groups in total. The van der Waals surface area contributed by atoms with Gasteiger partial charge in [0.2, 0.25) is 0 Å². The molecule has 1 aliphatic heterocycles. The molecule has 3 aromatic heterocycles. The van der Waals surface area contributed by atoms with Gasteiger partial charge in [-0.2, -0.15) is 5.10 Å². The van der Waals surface area contributed by atoms with E-state index < -0.39 is 0 Å². The number of aryl methyl sites for hydroxylation is 1. The highest BCUT2D eigenvalue weighted by Crippen LogP contribution is 2.28. The Kier molecular flexibility index (Phi) is 5.21. The second kappa shape index (κ2) is 7.77. The summed E-state index contributed by atoms with van der Waals surface area (Å²) in [7, 11) is 0. The third-order valence-electron chi connectivity index (χ3n) is 4.51. The maximum absolute atomic E-state index is 12.2. The van der Waals surface area contributed by atoms with Crippen LogP contribution >= 0.6 is 23.3 Å². The fraction of sp³-hybridized carbons (Fsp3) is 0.500. The van der Waals surface area contributed by atoms with E-state index in [1.807, 2.05) is 17.1 Å². The zero-order valence-electron chi connectivity index (χ0n) is 15.2. The van der Waals surface area contributed by atoms with Gasteiger partial charge in [0.15, 0.2) is 10.8 Å². The van der Waals surface area contributed by atoms with Crippen LogP contribution in [0.25, 0.3) is 11.0 Å². The lowest BCUT2D eigenvalue weighted by molar-refractivity contribution is 0.0955. The zero-order valence-corrected chi connectivity index (χ0v) is 16.8. The standard InChI is InChI=1S/C16H20N8OS2/c1-10-12(27-22-21-10)15(25)17-5-8-24-14-11(9-18-24)13(19-16(20-14)26-2)23-6-3-4-7-23/h9H,3-8H2,1-2H3,(H,17,25). The van der Waals surface area contributed by atoms with Crippen molar-refractivity contribution < 1.29 is 4.79 Å². The fourth-order valence-electron chi connectivity index (χ4n) is 3.14. The molecule has 4 heterocycles. The van der Waals surface area contributed by atoms with Crippen LogP contribution in [0.15, 0.2) is 11.4 Å². The van der Waals surface area contributed by atoms with Crippen LogP contribution in [0, 0.1) is 6.92 Å². The van der Waals surface area contributed by atoms with Crippen molar-refractivity contribution in [1.29, 1.82) is 0 Å². The Morgan fingerprint density at radius 1 is 1.33 bits per heavy atom. The van der Waals surface area contributed by atoms with Gasteiger partial charge in [0.1, 0.15) is 10.7 Å². The molecule has 0 radical (unpaired) electrons. The SMILES string of the molecule is CSc1nc(N2CCCC2)c2cnn(CCNC(=O)c3snnc3C)c2n1. The Balaban J connectivity index is 1.53. The highest BCUT2D eigenvalue weighted by atomic mass is 32.2. The minimum atomic E-state index is -0.156. The van der Waals surface area contributed by atoms with E-state index in [0.29, 0.717) is 23.7 Å². The number of carbonyl (C=O) groups excluding carboxylic acids is 1. The predicted molar refractivity (Wildman–Crippen MR) is 106 cm³/mol. The van der Waals surface area contributed by atoms with Crippen molar-refractivity contribution in [2.75, 3.05) is 30.8 Å². The molecule has 1 saturated heterocycles. The Bertz CT molecular complexity index is 963. The van der Waals surface area contributed by atoms with E-state index in [-0.39, 0.29) is 5.91 Å². The van der Waals surface area contributed by atoms with Crippen LogP contribution in [-0.4, -0.2) is 61.1 Å². The first-order valence-electron chi connectivity index (χ1n) is 8.77. The van der Waals surface area contributed by atoms with Gasteiger partial charge in [-0.15, -0.1) is 5.10 Å². The Morgan fingerprint density at radius 2 is 2.15 bits per heavy atom. The molecular weight excluding hydrogens is 384 g/mol. The summed E-state index contributed by atoms with van der Waals surface area (Å²) in [6.07, 6.45) is 6.17. The first kappa shape index (κ1) is 18.1. The lowest BCUT2D eigenvalue weighted by Gasteiger charge is -2.17. The van der Waals surface area contributed by atoms with Gasteiger partial charge in [-0.1, -0.05) is 16.3 Å². The van der Waals surface area contributed by atoms with Gasteiger partial charge in [-0.05, 0) is 37.6 Å². The van der Waals surface area contributed by atoms with Crippen LogP contribution in [0.5, 0.6) is 0 Å². The molecular formula is C16H20N8OS2. The van der Waals surface area contributed by atoms with Crippen molar-refractivity contribution in [3.05, 3.63) is 16.8 Å². The molecule has 11 heteroatoms. The molecule has 1 amide bonds. The number of fused-ring (bicyclic) bond motifs is 1. The van der Waals surface area contributed by atoms with Gasteiger partial charge < -0.3 is 10.2 Å². The summed E-state index contributed by atoms with van der Waals surface area (Å²) >= 11 is 2.63. The molecule has 1 fully saturated rings. The first-order valence-corrected chi connectivity index (χ1v) is 10.8. The number of hydrogen-bond acceptors (Lipinski definition) is 9. The fourth-order valence-corrected chi connectivity index (χ4v) is 4.07. The van der Waals surface area contributed by atoms with E-state index in [0.717, 1.165) is 46.6 Å². The topological polar surface area (TPSA) is 102 Å². The molecule has 0 aliphatic carbocycles. The molecule has 0 spiro atoms.